The summed E-state index contributed by atoms with van der Waals surface area (Å²) in [6.07, 6.45) is 0.0506. The van der Waals surface area contributed by atoms with E-state index in [0.717, 1.165) is 29.3 Å². The van der Waals surface area contributed by atoms with Crippen LogP contribution in [0, 0.1) is 18.6 Å². The van der Waals surface area contributed by atoms with Crippen LogP contribution in [0.25, 0.3) is 11.5 Å². The van der Waals surface area contributed by atoms with E-state index in [4.69, 9.17) is 9.15 Å². The highest BCUT2D eigenvalue weighted by atomic mass is 19.1. The van der Waals surface area contributed by atoms with Crippen LogP contribution in [0.15, 0.2) is 46.9 Å². The zero-order valence-corrected chi connectivity index (χ0v) is 15.4. The van der Waals surface area contributed by atoms with E-state index in [9.17, 15) is 18.4 Å². The molecule has 0 unspecified atom stereocenters. The van der Waals surface area contributed by atoms with Gasteiger partial charge in [-0.25, -0.2) is 8.78 Å². The molecule has 1 aromatic heterocycles. The van der Waals surface area contributed by atoms with Crippen molar-refractivity contribution in [3.8, 4) is 11.5 Å². The molecule has 0 radical (unpaired) electrons. The summed E-state index contributed by atoms with van der Waals surface area (Å²) in [6.45, 7) is 1.33. The van der Waals surface area contributed by atoms with Crippen LogP contribution in [0.2, 0.25) is 0 Å². The second-order valence-electron chi connectivity index (χ2n) is 6.20. The summed E-state index contributed by atoms with van der Waals surface area (Å²) in [4.78, 5) is 23.5. The van der Waals surface area contributed by atoms with Crippen LogP contribution in [0.5, 0.6) is 0 Å². The van der Waals surface area contributed by atoms with E-state index in [1.807, 2.05) is 31.2 Å². The molecule has 0 atom stereocenters. The van der Waals surface area contributed by atoms with E-state index in [2.05, 4.69) is 15.5 Å². The number of amides is 1. The minimum atomic E-state index is -0.799. The zero-order chi connectivity index (χ0) is 20.8. The quantitative estimate of drug-likeness (QED) is 0.610. The molecule has 0 aliphatic heterocycles. The molecular weight excluding hydrogens is 384 g/mol. The van der Waals surface area contributed by atoms with Gasteiger partial charge in [0.15, 0.2) is 6.61 Å². The number of rotatable bonds is 7. The first-order chi connectivity index (χ1) is 13.9. The van der Waals surface area contributed by atoms with Crippen LogP contribution in [0.3, 0.4) is 0 Å². The van der Waals surface area contributed by atoms with Crippen molar-refractivity contribution in [2.24, 2.45) is 0 Å². The van der Waals surface area contributed by atoms with Gasteiger partial charge in [0.25, 0.3) is 5.91 Å². The molecule has 0 aliphatic rings. The third-order valence-corrected chi connectivity index (χ3v) is 3.88. The van der Waals surface area contributed by atoms with Crippen LogP contribution in [0.1, 0.15) is 17.9 Å². The van der Waals surface area contributed by atoms with Crippen LogP contribution >= 0.6 is 0 Å². The first-order valence-corrected chi connectivity index (χ1v) is 8.70. The van der Waals surface area contributed by atoms with Gasteiger partial charge in [-0.1, -0.05) is 17.7 Å². The number of anilines is 1. The Labute approximate surface area is 164 Å². The standard InChI is InChI=1S/C20H17F2N3O4/c1-12-2-4-13(5-3-12)20-25-24-18(29-20)8-9-19(27)28-11-17(26)23-16-10-14(21)6-7-15(16)22/h2-7,10H,8-9,11H2,1H3,(H,23,26). The lowest BCUT2D eigenvalue weighted by molar-refractivity contribution is -0.147. The highest BCUT2D eigenvalue weighted by Gasteiger charge is 2.14. The predicted octanol–water partition coefficient (Wildman–Crippen LogP) is 3.44. The Kier molecular flexibility index (Phi) is 6.28. The maximum atomic E-state index is 13.5. The van der Waals surface area contributed by atoms with Crippen molar-refractivity contribution in [3.63, 3.8) is 0 Å². The number of nitrogens with one attached hydrogen (secondary N) is 1. The van der Waals surface area contributed by atoms with Crippen molar-refractivity contribution < 1.29 is 27.5 Å². The molecule has 2 aromatic carbocycles. The van der Waals surface area contributed by atoms with Gasteiger partial charge in [0.05, 0.1) is 12.1 Å². The molecule has 150 valence electrons. The van der Waals surface area contributed by atoms with E-state index in [1.165, 1.54) is 0 Å². The Morgan fingerprint density at radius 1 is 1.10 bits per heavy atom. The number of halogens is 2. The monoisotopic (exact) mass is 401 g/mol. The van der Waals surface area contributed by atoms with Crippen molar-refractivity contribution in [3.05, 3.63) is 65.6 Å². The van der Waals surface area contributed by atoms with Crippen molar-refractivity contribution in [1.29, 1.82) is 0 Å². The second kappa shape index (κ2) is 9.05. The molecule has 0 spiro atoms. The summed E-state index contributed by atoms with van der Waals surface area (Å²) in [5, 5.41) is 9.94. The fourth-order valence-corrected chi connectivity index (χ4v) is 2.37. The molecule has 1 heterocycles. The van der Waals surface area contributed by atoms with Crippen molar-refractivity contribution in [2.75, 3.05) is 11.9 Å². The van der Waals surface area contributed by atoms with E-state index in [1.54, 1.807) is 0 Å². The maximum Gasteiger partial charge on any atom is 0.306 e. The largest absolute Gasteiger partial charge is 0.456 e. The molecule has 9 heteroatoms. The van der Waals surface area contributed by atoms with E-state index < -0.39 is 30.1 Å². The molecule has 0 saturated carbocycles. The summed E-state index contributed by atoms with van der Waals surface area (Å²) in [6, 6.07) is 10.2. The van der Waals surface area contributed by atoms with Gasteiger partial charge in [-0.2, -0.15) is 0 Å². The van der Waals surface area contributed by atoms with Crippen LogP contribution < -0.4 is 5.32 Å². The first-order valence-electron chi connectivity index (χ1n) is 8.70. The Morgan fingerprint density at radius 3 is 2.62 bits per heavy atom. The van der Waals surface area contributed by atoms with Gasteiger partial charge in [-0.3, -0.25) is 9.59 Å². The minimum absolute atomic E-state index is 0.0862. The zero-order valence-electron chi connectivity index (χ0n) is 15.4. The van der Waals surface area contributed by atoms with E-state index >= 15 is 0 Å². The van der Waals surface area contributed by atoms with Crippen molar-refractivity contribution in [2.45, 2.75) is 19.8 Å². The molecular formula is C20H17F2N3O4. The fraction of sp³-hybridized carbons (Fsp3) is 0.200. The van der Waals surface area contributed by atoms with Gasteiger partial charge in [-0.15, -0.1) is 10.2 Å². The normalized spacial score (nSPS) is 10.6. The molecule has 0 fully saturated rings. The summed E-state index contributed by atoms with van der Waals surface area (Å²) in [7, 11) is 0. The Balaban J connectivity index is 1.45. The molecule has 0 bridgehead atoms. The van der Waals surface area contributed by atoms with Gasteiger partial charge in [0.2, 0.25) is 11.8 Å². The second-order valence-corrected chi connectivity index (χ2v) is 6.20. The minimum Gasteiger partial charge on any atom is -0.456 e. The fourth-order valence-electron chi connectivity index (χ4n) is 2.37. The number of nitrogens with zero attached hydrogens (tertiary/aromatic N) is 2. The molecule has 3 aromatic rings. The van der Waals surface area contributed by atoms with Gasteiger partial charge in [-0.05, 0) is 31.2 Å². The average Bonchev–Trinajstić information content (AvgIpc) is 3.17. The highest BCUT2D eigenvalue weighted by Crippen LogP contribution is 2.19. The van der Waals surface area contributed by atoms with Crippen LogP contribution in [-0.4, -0.2) is 28.7 Å². The van der Waals surface area contributed by atoms with Gasteiger partial charge >= 0.3 is 5.97 Å². The molecule has 7 nitrogen and oxygen atoms in total. The number of aromatic nitrogens is 2. The summed E-state index contributed by atoms with van der Waals surface area (Å²) in [5.41, 5.74) is 1.53. The molecule has 1 N–H and O–H groups in total. The average molecular weight is 401 g/mol. The highest BCUT2D eigenvalue weighted by molar-refractivity contribution is 5.92. The maximum absolute atomic E-state index is 13.5. The van der Waals surface area contributed by atoms with E-state index in [-0.39, 0.29) is 24.4 Å². The van der Waals surface area contributed by atoms with Crippen molar-refractivity contribution in [1.82, 2.24) is 10.2 Å². The number of aryl methyl sites for hydroxylation is 2. The molecule has 0 saturated heterocycles. The number of hydrogen-bond acceptors (Lipinski definition) is 6. The number of hydrogen-bond donors (Lipinski definition) is 1. The number of esters is 1. The lowest BCUT2D eigenvalue weighted by atomic mass is 10.1. The lowest BCUT2D eigenvalue weighted by Crippen LogP contribution is -2.21. The molecule has 1 amide bonds. The Morgan fingerprint density at radius 2 is 1.86 bits per heavy atom. The number of carbonyl (C=O) groups excluding carboxylic acids is 2. The lowest BCUT2D eigenvalue weighted by Gasteiger charge is -2.07. The smallest absolute Gasteiger partial charge is 0.306 e. The summed E-state index contributed by atoms with van der Waals surface area (Å²) >= 11 is 0. The Hall–Kier alpha value is -3.62. The van der Waals surface area contributed by atoms with Crippen LogP contribution in [0.4, 0.5) is 14.5 Å². The number of ether oxygens (including phenoxy) is 1. The van der Waals surface area contributed by atoms with Crippen LogP contribution in [-0.2, 0) is 20.7 Å². The summed E-state index contributed by atoms with van der Waals surface area (Å²) < 4.78 is 36.9. The van der Waals surface area contributed by atoms with Gasteiger partial charge in [0, 0.05) is 18.1 Å². The van der Waals surface area contributed by atoms with Gasteiger partial charge < -0.3 is 14.5 Å². The molecule has 3 rings (SSSR count). The Bertz CT molecular complexity index is 1020. The topological polar surface area (TPSA) is 94.3 Å². The number of carbonyl (C=O) groups is 2. The SMILES string of the molecule is Cc1ccc(-c2nnc(CCC(=O)OCC(=O)Nc3cc(F)ccc3F)o2)cc1. The van der Waals surface area contributed by atoms with E-state index in [0.29, 0.717) is 5.89 Å². The molecule has 0 aliphatic carbocycles. The third kappa shape index (κ3) is 5.68. The first kappa shape index (κ1) is 20.1. The number of benzene rings is 2. The predicted molar refractivity (Wildman–Crippen MR) is 98.7 cm³/mol. The van der Waals surface area contributed by atoms with Crippen molar-refractivity contribution >= 4 is 17.6 Å². The summed E-state index contributed by atoms with van der Waals surface area (Å²) in [5.74, 6) is -2.37. The molecule has 29 heavy (non-hydrogen) atoms. The van der Waals surface area contributed by atoms with Gasteiger partial charge in [0.1, 0.15) is 11.6 Å². The third-order valence-electron chi connectivity index (χ3n) is 3.88.